The van der Waals surface area contributed by atoms with Crippen molar-refractivity contribution in [2.24, 2.45) is 0 Å². The van der Waals surface area contributed by atoms with Gasteiger partial charge in [-0.05, 0) is 41.1 Å². The summed E-state index contributed by atoms with van der Waals surface area (Å²) in [6.45, 7) is 3.91. The highest BCUT2D eigenvalue weighted by atomic mass is 32.1. The molecule has 3 heterocycles. The Balaban J connectivity index is 1.36. The summed E-state index contributed by atoms with van der Waals surface area (Å²) < 4.78 is 18.9. The Morgan fingerprint density at radius 2 is 2.08 bits per heavy atom. The van der Waals surface area contributed by atoms with E-state index in [4.69, 9.17) is 4.74 Å². The van der Waals surface area contributed by atoms with Crippen molar-refractivity contribution in [1.82, 2.24) is 9.80 Å². The van der Waals surface area contributed by atoms with E-state index in [1.54, 1.807) is 12.1 Å². The van der Waals surface area contributed by atoms with Gasteiger partial charge in [0.25, 0.3) is 0 Å². The minimum Gasteiger partial charge on any atom is -0.370 e. The monoisotopic (exact) mass is 360 g/mol. The number of morpholine rings is 1. The lowest BCUT2D eigenvalue weighted by Gasteiger charge is -2.35. The van der Waals surface area contributed by atoms with Crippen molar-refractivity contribution in [3.63, 3.8) is 0 Å². The topological polar surface area (TPSA) is 32.8 Å². The maximum absolute atomic E-state index is 13.1. The van der Waals surface area contributed by atoms with Crippen LogP contribution in [0.4, 0.5) is 4.39 Å². The molecule has 1 amide bonds. The molecule has 25 heavy (non-hydrogen) atoms. The quantitative estimate of drug-likeness (QED) is 0.844. The standard InChI is InChI=1S/C19H21FN2O2S/c20-16-3-1-14(2-4-16)17-12-22(8-9-24-17)19(23)13-21-7-5-18-15(11-21)6-10-25-18/h1-4,6,10,17H,5,7-9,11-13H2. The van der Waals surface area contributed by atoms with E-state index in [1.807, 2.05) is 16.2 Å². The van der Waals surface area contributed by atoms with Crippen molar-refractivity contribution in [1.29, 1.82) is 0 Å². The van der Waals surface area contributed by atoms with Crippen molar-refractivity contribution in [3.05, 3.63) is 57.5 Å². The summed E-state index contributed by atoms with van der Waals surface area (Å²) in [5.74, 6) is -0.112. The van der Waals surface area contributed by atoms with Gasteiger partial charge in [0.2, 0.25) is 5.91 Å². The van der Waals surface area contributed by atoms with Gasteiger partial charge >= 0.3 is 0 Å². The molecule has 0 saturated carbocycles. The summed E-state index contributed by atoms with van der Waals surface area (Å²) in [6.07, 6.45) is 0.852. The van der Waals surface area contributed by atoms with E-state index in [-0.39, 0.29) is 17.8 Å². The van der Waals surface area contributed by atoms with Gasteiger partial charge in [0.05, 0.1) is 19.7 Å². The van der Waals surface area contributed by atoms with Gasteiger partial charge < -0.3 is 9.64 Å². The van der Waals surface area contributed by atoms with Gasteiger partial charge in [-0.25, -0.2) is 4.39 Å². The molecule has 2 aromatic rings. The first kappa shape index (κ1) is 16.7. The molecule has 0 radical (unpaired) electrons. The highest BCUT2D eigenvalue weighted by Gasteiger charge is 2.27. The number of ether oxygens (including phenoxy) is 1. The number of halogens is 1. The maximum Gasteiger partial charge on any atom is 0.236 e. The smallest absolute Gasteiger partial charge is 0.236 e. The molecule has 1 aromatic heterocycles. The Morgan fingerprint density at radius 3 is 2.92 bits per heavy atom. The molecule has 1 unspecified atom stereocenters. The predicted octanol–water partition coefficient (Wildman–Crippen LogP) is 2.85. The van der Waals surface area contributed by atoms with Crippen LogP contribution in [0.25, 0.3) is 0 Å². The zero-order valence-electron chi connectivity index (χ0n) is 14.0. The van der Waals surface area contributed by atoms with E-state index in [0.717, 1.165) is 25.1 Å². The molecule has 0 aliphatic carbocycles. The molecule has 0 N–H and O–H groups in total. The number of carbonyl (C=O) groups is 1. The van der Waals surface area contributed by atoms with Crippen LogP contribution in [0.1, 0.15) is 22.1 Å². The zero-order chi connectivity index (χ0) is 17.2. The third kappa shape index (κ3) is 3.76. The van der Waals surface area contributed by atoms with E-state index in [0.29, 0.717) is 26.2 Å². The number of carbonyl (C=O) groups excluding carboxylic acids is 1. The minimum absolute atomic E-state index is 0.147. The molecule has 1 aromatic carbocycles. The highest BCUT2D eigenvalue weighted by Crippen LogP contribution is 2.25. The average Bonchev–Trinajstić information content (AvgIpc) is 3.10. The van der Waals surface area contributed by atoms with Gasteiger partial charge in [-0.15, -0.1) is 11.3 Å². The third-order valence-corrected chi connectivity index (χ3v) is 5.93. The third-order valence-electron chi connectivity index (χ3n) is 4.91. The second-order valence-electron chi connectivity index (χ2n) is 6.58. The fraction of sp³-hybridized carbons (Fsp3) is 0.421. The number of benzene rings is 1. The Hall–Kier alpha value is -1.76. The molecule has 2 aliphatic heterocycles. The van der Waals surface area contributed by atoms with Crippen molar-refractivity contribution >= 4 is 17.2 Å². The second-order valence-corrected chi connectivity index (χ2v) is 7.58. The van der Waals surface area contributed by atoms with Crippen molar-refractivity contribution in [2.75, 3.05) is 32.8 Å². The van der Waals surface area contributed by atoms with Crippen LogP contribution in [0.15, 0.2) is 35.7 Å². The van der Waals surface area contributed by atoms with Crippen LogP contribution in [0.5, 0.6) is 0 Å². The van der Waals surface area contributed by atoms with Gasteiger partial charge in [0.15, 0.2) is 0 Å². The van der Waals surface area contributed by atoms with Crippen LogP contribution in [-0.4, -0.2) is 48.5 Å². The van der Waals surface area contributed by atoms with E-state index in [2.05, 4.69) is 16.3 Å². The number of hydrogen-bond acceptors (Lipinski definition) is 4. The lowest BCUT2D eigenvalue weighted by atomic mass is 10.1. The molecule has 4 nitrogen and oxygen atoms in total. The molecular weight excluding hydrogens is 339 g/mol. The summed E-state index contributed by atoms with van der Waals surface area (Å²) in [4.78, 5) is 18.3. The highest BCUT2D eigenvalue weighted by molar-refractivity contribution is 7.10. The molecule has 0 spiro atoms. The van der Waals surface area contributed by atoms with E-state index in [1.165, 1.54) is 22.6 Å². The molecule has 1 atom stereocenters. The SMILES string of the molecule is O=C(CN1CCc2sccc2C1)N1CCOC(c2ccc(F)cc2)C1. The second kappa shape index (κ2) is 7.23. The summed E-state index contributed by atoms with van der Waals surface area (Å²) in [6, 6.07) is 8.50. The minimum atomic E-state index is -0.259. The Bertz CT molecular complexity index is 746. The van der Waals surface area contributed by atoms with Crippen molar-refractivity contribution in [2.45, 2.75) is 19.1 Å². The summed E-state index contributed by atoms with van der Waals surface area (Å²) >= 11 is 1.81. The number of hydrogen-bond donors (Lipinski definition) is 0. The first-order valence-electron chi connectivity index (χ1n) is 8.61. The maximum atomic E-state index is 13.1. The van der Waals surface area contributed by atoms with Crippen LogP contribution in [0.3, 0.4) is 0 Å². The first-order valence-corrected chi connectivity index (χ1v) is 9.49. The van der Waals surface area contributed by atoms with E-state index < -0.39 is 0 Å². The van der Waals surface area contributed by atoms with Crippen molar-refractivity contribution in [3.8, 4) is 0 Å². The van der Waals surface area contributed by atoms with Crippen LogP contribution in [0.2, 0.25) is 0 Å². The van der Waals surface area contributed by atoms with E-state index in [9.17, 15) is 9.18 Å². The number of rotatable bonds is 3. The van der Waals surface area contributed by atoms with Crippen LogP contribution in [-0.2, 0) is 22.5 Å². The first-order chi connectivity index (χ1) is 12.2. The number of amides is 1. The Kier molecular flexibility index (Phi) is 4.83. The van der Waals surface area contributed by atoms with Crippen LogP contribution in [0, 0.1) is 5.82 Å². The predicted molar refractivity (Wildman–Crippen MR) is 95.0 cm³/mol. The van der Waals surface area contributed by atoms with Gasteiger partial charge in [-0.1, -0.05) is 12.1 Å². The van der Waals surface area contributed by atoms with Gasteiger partial charge in [-0.3, -0.25) is 9.69 Å². The van der Waals surface area contributed by atoms with Gasteiger partial charge in [-0.2, -0.15) is 0 Å². The van der Waals surface area contributed by atoms with Crippen molar-refractivity contribution < 1.29 is 13.9 Å². The molecule has 132 valence electrons. The number of thiophene rings is 1. The lowest BCUT2D eigenvalue weighted by Crippen LogP contribution is -2.47. The fourth-order valence-corrected chi connectivity index (χ4v) is 4.38. The molecule has 0 bridgehead atoms. The average molecular weight is 360 g/mol. The summed E-state index contributed by atoms with van der Waals surface area (Å²) in [5.41, 5.74) is 2.27. The molecule has 1 saturated heterocycles. The Morgan fingerprint density at radius 1 is 1.24 bits per heavy atom. The molecule has 2 aliphatic rings. The summed E-state index contributed by atoms with van der Waals surface area (Å²) in [5, 5.41) is 2.13. The fourth-order valence-electron chi connectivity index (χ4n) is 3.49. The zero-order valence-corrected chi connectivity index (χ0v) is 14.8. The normalized spacial score (nSPS) is 21.2. The lowest BCUT2D eigenvalue weighted by molar-refractivity contribution is -0.140. The molecule has 6 heteroatoms. The number of nitrogens with zero attached hydrogens (tertiary/aromatic N) is 2. The molecule has 4 rings (SSSR count). The van der Waals surface area contributed by atoms with Crippen LogP contribution < -0.4 is 0 Å². The van der Waals surface area contributed by atoms with Gasteiger partial charge in [0.1, 0.15) is 11.9 Å². The van der Waals surface area contributed by atoms with Crippen LogP contribution >= 0.6 is 11.3 Å². The number of fused-ring (bicyclic) bond motifs is 1. The largest absolute Gasteiger partial charge is 0.370 e. The molecule has 1 fully saturated rings. The Labute approximate surface area is 150 Å². The molecular formula is C19H21FN2O2S. The summed E-state index contributed by atoms with van der Waals surface area (Å²) in [7, 11) is 0. The van der Waals surface area contributed by atoms with E-state index >= 15 is 0 Å². The van der Waals surface area contributed by atoms with Gasteiger partial charge in [0, 0.05) is 24.5 Å².